The molecule has 0 saturated heterocycles. The SMILES string of the molecule is CC(C)(O)c1nc(-c2cccc(CCNC(=O)c3cnc(-c4ccccn4)nc3)c2)no1. The highest BCUT2D eigenvalue weighted by atomic mass is 16.5. The molecule has 0 atom stereocenters. The van der Waals surface area contributed by atoms with Crippen LogP contribution in [-0.2, 0) is 12.0 Å². The van der Waals surface area contributed by atoms with Crippen molar-refractivity contribution in [1.82, 2.24) is 30.4 Å². The van der Waals surface area contributed by atoms with Crippen LogP contribution in [0.5, 0.6) is 0 Å². The summed E-state index contributed by atoms with van der Waals surface area (Å²) in [5.74, 6) is 0.773. The van der Waals surface area contributed by atoms with Crippen molar-refractivity contribution in [1.29, 1.82) is 0 Å². The number of hydrogen-bond donors (Lipinski definition) is 2. The molecule has 3 aromatic heterocycles. The second-order valence-electron chi connectivity index (χ2n) is 7.70. The van der Waals surface area contributed by atoms with Gasteiger partial charge in [-0.25, -0.2) is 9.97 Å². The van der Waals surface area contributed by atoms with Crippen LogP contribution in [-0.4, -0.2) is 42.7 Å². The first-order chi connectivity index (χ1) is 15.4. The first-order valence-electron chi connectivity index (χ1n) is 10.1. The third-order valence-corrected chi connectivity index (χ3v) is 4.64. The summed E-state index contributed by atoms with van der Waals surface area (Å²) in [6.07, 6.45) is 5.26. The number of nitrogens with zero attached hydrogens (tertiary/aromatic N) is 5. The fourth-order valence-electron chi connectivity index (χ4n) is 2.95. The van der Waals surface area contributed by atoms with Gasteiger partial charge in [-0.2, -0.15) is 4.98 Å². The Hall–Kier alpha value is -3.98. The highest BCUT2D eigenvalue weighted by Gasteiger charge is 2.24. The van der Waals surface area contributed by atoms with Crippen molar-refractivity contribution in [3.05, 3.63) is 78.1 Å². The van der Waals surface area contributed by atoms with Gasteiger partial charge in [0, 0.05) is 30.7 Å². The van der Waals surface area contributed by atoms with Crippen LogP contribution in [0.15, 0.2) is 65.6 Å². The van der Waals surface area contributed by atoms with Crippen LogP contribution in [0.3, 0.4) is 0 Å². The Labute approximate surface area is 184 Å². The number of nitrogens with one attached hydrogen (secondary N) is 1. The normalized spacial score (nSPS) is 11.3. The Morgan fingerprint density at radius 1 is 1.06 bits per heavy atom. The van der Waals surface area contributed by atoms with Crippen molar-refractivity contribution < 1.29 is 14.4 Å². The van der Waals surface area contributed by atoms with E-state index in [-0.39, 0.29) is 11.8 Å². The number of carbonyl (C=O) groups excluding carboxylic acids is 1. The lowest BCUT2D eigenvalue weighted by molar-refractivity contribution is 0.0420. The van der Waals surface area contributed by atoms with Gasteiger partial charge in [-0.15, -0.1) is 0 Å². The number of hydrogen-bond acceptors (Lipinski definition) is 8. The molecule has 4 aromatic rings. The Morgan fingerprint density at radius 3 is 2.56 bits per heavy atom. The van der Waals surface area contributed by atoms with Crippen LogP contribution >= 0.6 is 0 Å². The van der Waals surface area contributed by atoms with E-state index in [1.165, 1.54) is 12.4 Å². The summed E-state index contributed by atoms with van der Waals surface area (Å²) < 4.78 is 5.14. The van der Waals surface area contributed by atoms with Crippen molar-refractivity contribution in [2.24, 2.45) is 0 Å². The smallest absolute Gasteiger partial charge is 0.258 e. The molecule has 9 heteroatoms. The minimum absolute atomic E-state index is 0.154. The average molecular weight is 430 g/mol. The van der Waals surface area contributed by atoms with E-state index in [0.717, 1.165) is 11.1 Å². The standard InChI is InChI=1S/C23H22N6O3/c1-23(2,31)22-28-19(29-32-22)16-7-5-6-15(12-16)9-11-25-21(30)17-13-26-20(27-14-17)18-8-3-4-10-24-18/h3-8,10,12-14,31H,9,11H2,1-2H3,(H,25,30). The van der Waals surface area contributed by atoms with E-state index in [9.17, 15) is 9.90 Å². The molecule has 0 aliphatic heterocycles. The molecule has 0 bridgehead atoms. The van der Waals surface area contributed by atoms with Crippen molar-refractivity contribution in [3.63, 3.8) is 0 Å². The van der Waals surface area contributed by atoms with Gasteiger partial charge in [-0.1, -0.05) is 29.4 Å². The van der Waals surface area contributed by atoms with Gasteiger partial charge in [0.05, 0.1) is 5.56 Å². The molecule has 2 N–H and O–H groups in total. The van der Waals surface area contributed by atoms with Gasteiger partial charge in [0.2, 0.25) is 5.82 Å². The molecular formula is C23H22N6O3. The van der Waals surface area contributed by atoms with Gasteiger partial charge in [-0.05, 0) is 44.0 Å². The monoisotopic (exact) mass is 430 g/mol. The molecule has 9 nitrogen and oxygen atoms in total. The molecule has 32 heavy (non-hydrogen) atoms. The predicted octanol–water partition coefficient (Wildman–Crippen LogP) is 2.79. The van der Waals surface area contributed by atoms with Gasteiger partial charge in [0.15, 0.2) is 5.82 Å². The number of aliphatic hydroxyl groups is 1. The maximum Gasteiger partial charge on any atom is 0.258 e. The summed E-state index contributed by atoms with van der Waals surface area (Å²) in [6, 6.07) is 13.1. The molecule has 1 amide bonds. The zero-order valence-electron chi connectivity index (χ0n) is 17.7. The molecule has 0 radical (unpaired) electrons. The van der Waals surface area contributed by atoms with Crippen molar-refractivity contribution in [3.8, 4) is 22.9 Å². The van der Waals surface area contributed by atoms with Crippen molar-refractivity contribution in [2.45, 2.75) is 25.9 Å². The minimum Gasteiger partial charge on any atom is -0.381 e. The topological polar surface area (TPSA) is 127 Å². The number of aromatic nitrogens is 5. The largest absolute Gasteiger partial charge is 0.381 e. The van der Waals surface area contributed by atoms with Gasteiger partial charge in [-0.3, -0.25) is 9.78 Å². The van der Waals surface area contributed by atoms with E-state index in [1.54, 1.807) is 20.0 Å². The summed E-state index contributed by atoms with van der Waals surface area (Å²) in [5, 5.41) is 16.8. The van der Waals surface area contributed by atoms with Gasteiger partial charge in [0.1, 0.15) is 11.3 Å². The molecule has 0 fully saturated rings. The van der Waals surface area contributed by atoms with Crippen molar-refractivity contribution in [2.75, 3.05) is 6.54 Å². The van der Waals surface area contributed by atoms with Crippen LogP contribution < -0.4 is 5.32 Å². The summed E-state index contributed by atoms with van der Waals surface area (Å²) in [7, 11) is 0. The molecular weight excluding hydrogens is 408 g/mol. The number of rotatable bonds is 7. The van der Waals surface area contributed by atoms with E-state index >= 15 is 0 Å². The lowest BCUT2D eigenvalue weighted by Gasteiger charge is -2.09. The zero-order valence-corrected chi connectivity index (χ0v) is 17.7. The number of benzene rings is 1. The highest BCUT2D eigenvalue weighted by Crippen LogP contribution is 2.22. The Balaban J connectivity index is 1.35. The first kappa shape index (κ1) is 21.3. The Bertz CT molecular complexity index is 1200. The van der Waals surface area contributed by atoms with E-state index in [1.807, 2.05) is 42.5 Å². The van der Waals surface area contributed by atoms with Crippen LogP contribution in [0.2, 0.25) is 0 Å². The Morgan fingerprint density at radius 2 is 1.88 bits per heavy atom. The predicted molar refractivity (Wildman–Crippen MR) is 116 cm³/mol. The average Bonchev–Trinajstić information content (AvgIpc) is 3.31. The van der Waals surface area contributed by atoms with E-state index in [2.05, 4.69) is 30.4 Å². The summed E-state index contributed by atoms with van der Waals surface area (Å²) >= 11 is 0. The number of amides is 1. The summed E-state index contributed by atoms with van der Waals surface area (Å²) in [6.45, 7) is 3.60. The number of carbonyl (C=O) groups is 1. The lowest BCUT2D eigenvalue weighted by atomic mass is 10.1. The molecule has 1 aromatic carbocycles. The molecule has 0 aliphatic carbocycles. The fraction of sp³-hybridized carbons (Fsp3) is 0.217. The molecule has 0 saturated carbocycles. The van der Waals surface area contributed by atoms with Gasteiger partial charge >= 0.3 is 0 Å². The molecule has 0 unspecified atom stereocenters. The lowest BCUT2D eigenvalue weighted by Crippen LogP contribution is -2.26. The zero-order chi connectivity index (χ0) is 22.6. The molecule has 0 aliphatic rings. The Kier molecular flexibility index (Phi) is 6.00. The highest BCUT2D eigenvalue weighted by molar-refractivity contribution is 5.93. The second kappa shape index (κ2) is 9.03. The second-order valence-corrected chi connectivity index (χ2v) is 7.70. The third-order valence-electron chi connectivity index (χ3n) is 4.64. The summed E-state index contributed by atoms with van der Waals surface area (Å²) in [5.41, 5.74) is 1.60. The molecule has 3 heterocycles. The minimum atomic E-state index is -1.20. The van der Waals surface area contributed by atoms with E-state index in [0.29, 0.717) is 35.9 Å². The fourth-order valence-corrected chi connectivity index (χ4v) is 2.95. The van der Waals surface area contributed by atoms with Crippen molar-refractivity contribution >= 4 is 5.91 Å². The molecule has 4 rings (SSSR count). The van der Waals surface area contributed by atoms with Crippen LogP contribution in [0.4, 0.5) is 0 Å². The first-order valence-corrected chi connectivity index (χ1v) is 10.1. The van der Waals surface area contributed by atoms with Crippen LogP contribution in [0.1, 0.15) is 35.7 Å². The van der Waals surface area contributed by atoms with E-state index < -0.39 is 5.60 Å². The maximum absolute atomic E-state index is 12.4. The quantitative estimate of drug-likeness (QED) is 0.458. The molecule has 0 spiro atoms. The summed E-state index contributed by atoms with van der Waals surface area (Å²) in [4.78, 5) is 29.3. The molecule has 162 valence electrons. The van der Waals surface area contributed by atoms with Gasteiger partial charge in [0.25, 0.3) is 11.8 Å². The van der Waals surface area contributed by atoms with Gasteiger partial charge < -0.3 is 14.9 Å². The van der Waals surface area contributed by atoms with Crippen LogP contribution in [0, 0.1) is 0 Å². The maximum atomic E-state index is 12.4. The van der Waals surface area contributed by atoms with E-state index in [4.69, 9.17) is 4.52 Å². The third kappa shape index (κ3) is 5.01. The van der Waals surface area contributed by atoms with Crippen LogP contribution in [0.25, 0.3) is 22.9 Å². The number of pyridine rings is 1.